The molecule has 1 fully saturated rings. The highest BCUT2D eigenvalue weighted by atomic mass is 16.3. The number of carbonyl (C=O) groups excluding carboxylic acids is 1. The molecule has 0 bridgehead atoms. The Labute approximate surface area is 120 Å². The van der Waals surface area contributed by atoms with Crippen molar-refractivity contribution in [1.29, 1.82) is 0 Å². The van der Waals surface area contributed by atoms with E-state index < -0.39 is 5.60 Å². The van der Waals surface area contributed by atoms with Gasteiger partial charge in [0.05, 0.1) is 12.0 Å². The van der Waals surface area contributed by atoms with E-state index in [4.69, 9.17) is 5.73 Å². The number of aliphatic hydroxyl groups is 1. The van der Waals surface area contributed by atoms with E-state index in [9.17, 15) is 9.90 Å². The van der Waals surface area contributed by atoms with E-state index in [2.05, 4.69) is 12.2 Å². The van der Waals surface area contributed by atoms with Crippen molar-refractivity contribution in [3.05, 3.63) is 29.8 Å². The Morgan fingerprint density at radius 1 is 1.45 bits per heavy atom. The van der Waals surface area contributed by atoms with Gasteiger partial charge in [0.15, 0.2) is 0 Å². The van der Waals surface area contributed by atoms with E-state index in [0.29, 0.717) is 24.6 Å². The number of amides is 1. The molecule has 110 valence electrons. The lowest BCUT2D eigenvalue weighted by Crippen LogP contribution is -2.45. The molecule has 0 aromatic heterocycles. The number of carbonyl (C=O) groups is 1. The second-order valence-corrected chi connectivity index (χ2v) is 6.11. The molecule has 4 heteroatoms. The van der Waals surface area contributed by atoms with Crippen LogP contribution in [0.2, 0.25) is 0 Å². The van der Waals surface area contributed by atoms with Gasteiger partial charge in [-0.25, -0.2) is 0 Å². The first-order valence-electron chi connectivity index (χ1n) is 7.30. The largest absolute Gasteiger partial charge is 0.399 e. The van der Waals surface area contributed by atoms with Gasteiger partial charge in [0.25, 0.3) is 0 Å². The van der Waals surface area contributed by atoms with Crippen LogP contribution in [0.1, 0.15) is 38.2 Å². The van der Waals surface area contributed by atoms with Gasteiger partial charge in [0.2, 0.25) is 5.91 Å². The number of rotatable bonds is 4. The quantitative estimate of drug-likeness (QED) is 0.735. The summed E-state index contributed by atoms with van der Waals surface area (Å²) >= 11 is 0. The molecule has 0 saturated heterocycles. The van der Waals surface area contributed by atoms with Crippen LogP contribution in [-0.4, -0.2) is 23.2 Å². The molecule has 20 heavy (non-hydrogen) atoms. The van der Waals surface area contributed by atoms with Crippen LogP contribution < -0.4 is 11.1 Å². The molecule has 1 saturated carbocycles. The topological polar surface area (TPSA) is 75.3 Å². The van der Waals surface area contributed by atoms with Crippen LogP contribution in [0.15, 0.2) is 24.3 Å². The molecule has 1 aliphatic carbocycles. The molecule has 0 radical (unpaired) electrons. The molecule has 1 aliphatic rings. The molecule has 1 aromatic rings. The number of nitrogens with one attached hydrogen (secondary N) is 1. The zero-order chi connectivity index (χ0) is 14.6. The molecule has 1 amide bonds. The van der Waals surface area contributed by atoms with Gasteiger partial charge in [-0.3, -0.25) is 4.79 Å². The second kappa shape index (κ2) is 6.27. The molecule has 4 N–H and O–H groups in total. The van der Waals surface area contributed by atoms with Gasteiger partial charge in [-0.05, 0) is 49.3 Å². The predicted octanol–water partition coefficient (Wildman–Crippen LogP) is 1.87. The Kier molecular flexibility index (Phi) is 4.65. The van der Waals surface area contributed by atoms with E-state index in [1.165, 1.54) is 0 Å². The van der Waals surface area contributed by atoms with Crippen molar-refractivity contribution in [1.82, 2.24) is 5.32 Å². The highest BCUT2D eigenvalue weighted by Crippen LogP contribution is 2.31. The zero-order valence-electron chi connectivity index (χ0n) is 12.1. The van der Waals surface area contributed by atoms with E-state index >= 15 is 0 Å². The molecular formula is C16H24N2O2. The van der Waals surface area contributed by atoms with Crippen LogP contribution in [0.5, 0.6) is 0 Å². The first kappa shape index (κ1) is 14.9. The summed E-state index contributed by atoms with van der Waals surface area (Å²) < 4.78 is 0. The number of benzene rings is 1. The van der Waals surface area contributed by atoms with Crippen molar-refractivity contribution >= 4 is 11.6 Å². The summed E-state index contributed by atoms with van der Waals surface area (Å²) in [6, 6.07) is 7.32. The summed E-state index contributed by atoms with van der Waals surface area (Å²) in [5.41, 5.74) is 6.52. The Morgan fingerprint density at radius 3 is 2.80 bits per heavy atom. The van der Waals surface area contributed by atoms with Crippen LogP contribution in [0.4, 0.5) is 5.69 Å². The lowest BCUT2D eigenvalue weighted by atomic mass is 9.79. The highest BCUT2D eigenvalue weighted by Gasteiger charge is 2.31. The average molecular weight is 276 g/mol. The van der Waals surface area contributed by atoms with Crippen molar-refractivity contribution in [3.8, 4) is 0 Å². The molecule has 1 aromatic carbocycles. The SMILES string of the molecule is CC1CCC(O)(CNC(=O)Cc2cccc(N)c2)CC1. The van der Waals surface area contributed by atoms with Gasteiger partial charge >= 0.3 is 0 Å². The molecule has 0 atom stereocenters. The van der Waals surface area contributed by atoms with Gasteiger partial charge in [0.1, 0.15) is 0 Å². The molecule has 2 rings (SSSR count). The predicted molar refractivity (Wildman–Crippen MR) is 80.1 cm³/mol. The van der Waals surface area contributed by atoms with E-state index in [1.54, 1.807) is 12.1 Å². The van der Waals surface area contributed by atoms with Crippen molar-refractivity contribution < 1.29 is 9.90 Å². The fraction of sp³-hybridized carbons (Fsp3) is 0.562. The summed E-state index contributed by atoms with van der Waals surface area (Å²) in [6.07, 6.45) is 3.90. The monoisotopic (exact) mass is 276 g/mol. The minimum Gasteiger partial charge on any atom is -0.399 e. The first-order chi connectivity index (χ1) is 9.47. The lowest BCUT2D eigenvalue weighted by molar-refractivity contribution is -0.122. The summed E-state index contributed by atoms with van der Waals surface area (Å²) in [5, 5.41) is 13.3. The van der Waals surface area contributed by atoms with Crippen LogP contribution >= 0.6 is 0 Å². The highest BCUT2D eigenvalue weighted by molar-refractivity contribution is 5.78. The Morgan fingerprint density at radius 2 is 2.15 bits per heavy atom. The van der Waals surface area contributed by atoms with Crippen LogP contribution in [0.25, 0.3) is 0 Å². The maximum atomic E-state index is 11.9. The third-order valence-electron chi connectivity index (χ3n) is 4.14. The summed E-state index contributed by atoms with van der Waals surface area (Å²) in [7, 11) is 0. The summed E-state index contributed by atoms with van der Waals surface area (Å²) in [4.78, 5) is 11.9. The maximum absolute atomic E-state index is 11.9. The molecule has 0 spiro atoms. The number of nitrogen functional groups attached to an aromatic ring is 1. The van der Waals surface area contributed by atoms with Crippen molar-refractivity contribution in [3.63, 3.8) is 0 Å². The molecule has 0 unspecified atom stereocenters. The van der Waals surface area contributed by atoms with Crippen LogP contribution in [0, 0.1) is 5.92 Å². The van der Waals surface area contributed by atoms with E-state index in [1.807, 2.05) is 12.1 Å². The van der Waals surface area contributed by atoms with Gasteiger partial charge in [-0.15, -0.1) is 0 Å². The first-order valence-corrected chi connectivity index (χ1v) is 7.30. The smallest absolute Gasteiger partial charge is 0.224 e. The Bertz CT molecular complexity index is 465. The fourth-order valence-corrected chi connectivity index (χ4v) is 2.69. The molecule has 0 aliphatic heterocycles. The average Bonchev–Trinajstić information content (AvgIpc) is 2.41. The van der Waals surface area contributed by atoms with Gasteiger partial charge in [-0.1, -0.05) is 19.1 Å². The number of nitrogens with two attached hydrogens (primary N) is 1. The van der Waals surface area contributed by atoms with Gasteiger partial charge < -0.3 is 16.2 Å². The van der Waals surface area contributed by atoms with Crippen molar-refractivity contribution in [2.24, 2.45) is 5.92 Å². The zero-order valence-corrected chi connectivity index (χ0v) is 12.1. The normalized spacial score (nSPS) is 26.2. The number of hydrogen-bond donors (Lipinski definition) is 3. The van der Waals surface area contributed by atoms with Crippen molar-refractivity contribution in [2.45, 2.75) is 44.6 Å². The van der Waals surface area contributed by atoms with Gasteiger partial charge in [0, 0.05) is 12.2 Å². The minimum atomic E-state index is -0.724. The third-order valence-corrected chi connectivity index (χ3v) is 4.14. The Balaban J connectivity index is 1.80. The fourth-order valence-electron chi connectivity index (χ4n) is 2.69. The molecule has 4 nitrogen and oxygen atoms in total. The maximum Gasteiger partial charge on any atom is 0.224 e. The molecule has 0 heterocycles. The van der Waals surface area contributed by atoms with Crippen molar-refractivity contribution in [2.75, 3.05) is 12.3 Å². The molecular weight excluding hydrogens is 252 g/mol. The van der Waals surface area contributed by atoms with Crippen LogP contribution in [-0.2, 0) is 11.2 Å². The summed E-state index contributed by atoms with van der Waals surface area (Å²) in [6.45, 7) is 2.55. The lowest BCUT2D eigenvalue weighted by Gasteiger charge is -2.34. The standard InChI is InChI=1S/C16H24N2O2/c1-12-5-7-16(20,8-6-12)11-18-15(19)10-13-3-2-4-14(17)9-13/h2-4,9,12,20H,5-8,10-11,17H2,1H3,(H,18,19). The number of hydrogen-bond acceptors (Lipinski definition) is 3. The Hall–Kier alpha value is -1.55. The second-order valence-electron chi connectivity index (χ2n) is 6.11. The van der Waals surface area contributed by atoms with E-state index in [0.717, 1.165) is 31.2 Å². The minimum absolute atomic E-state index is 0.0670. The van der Waals surface area contributed by atoms with Gasteiger partial charge in [-0.2, -0.15) is 0 Å². The third kappa shape index (κ3) is 4.23. The van der Waals surface area contributed by atoms with Crippen LogP contribution in [0.3, 0.4) is 0 Å². The van der Waals surface area contributed by atoms with E-state index in [-0.39, 0.29) is 5.91 Å². The number of anilines is 1. The summed E-state index contributed by atoms with van der Waals surface area (Å²) in [5.74, 6) is 0.612.